The summed E-state index contributed by atoms with van der Waals surface area (Å²) in [6, 6.07) is 7.05. The number of nitrogens with zero attached hydrogens (tertiary/aromatic N) is 5. The van der Waals surface area contributed by atoms with Crippen LogP contribution in [0.15, 0.2) is 42.5 Å². The lowest BCUT2D eigenvalue weighted by Gasteiger charge is -2.48. The van der Waals surface area contributed by atoms with Crippen molar-refractivity contribution in [3.8, 4) is 11.1 Å². The Bertz CT molecular complexity index is 2360. The maximum Gasteiger partial charge on any atom is 0.403 e. The molecule has 2 aromatic rings. The topological polar surface area (TPSA) is 152 Å². The Kier molecular flexibility index (Phi) is 17.9. The van der Waals surface area contributed by atoms with E-state index in [0.717, 1.165) is 48.3 Å². The monoisotopic (exact) mass is 1070 g/mol. The summed E-state index contributed by atoms with van der Waals surface area (Å²) in [6.45, 7) is 6.06. The fraction of sp³-hybridized carbons (Fsp3) is 0.660. The van der Waals surface area contributed by atoms with Crippen molar-refractivity contribution in [2.75, 3.05) is 65.4 Å². The first-order chi connectivity index (χ1) is 34.9. The molecule has 0 aromatic heterocycles. The Morgan fingerprint density at radius 2 is 1.55 bits per heavy atom. The van der Waals surface area contributed by atoms with E-state index in [1.807, 2.05) is 44.2 Å². The van der Waals surface area contributed by atoms with Gasteiger partial charge in [0, 0.05) is 77.2 Å². The first-order valence-corrected chi connectivity index (χ1v) is 26.3. The number of likely N-dealkylation sites (N-methyl/N-ethyl adjacent to an activating group) is 3. The van der Waals surface area contributed by atoms with Crippen LogP contribution in [-0.2, 0) is 39.9 Å². The van der Waals surface area contributed by atoms with Crippen LogP contribution >= 0.6 is 11.6 Å². The number of hydrogen-bond donors (Lipinski definition) is 2. The zero-order valence-electron chi connectivity index (χ0n) is 42.8. The van der Waals surface area contributed by atoms with Crippen molar-refractivity contribution in [1.29, 1.82) is 0 Å². The second-order valence-corrected chi connectivity index (χ2v) is 21.9. The maximum absolute atomic E-state index is 15.0. The molecule has 2 saturated carbocycles. The molecule has 5 fully saturated rings. The molecule has 0 spiro atoms. The van der Waals surface area contributed by atoms with Crippen molar-refractivity contribution < 1.29 is 59.8 Å². The first-order valence-electron chi connectivity index (χ1n) is 25.9. The smallest absolute Gasteiger partial charge is 0.378 e. The van der Waals surface area contributed by atoms with Gasteiger partial charge < -0.3 is 39.9 Å². The molecule has 6 amide bonds. The van der Waals surface area contributed by atoms with Crippen LogP contribution in [0, 0.1) is 17.3 Å². The van der Waals surface area contributed by atoms with E-state index in [9.17, 15) is 55.1 Å². The second-order valence-electron chi connectivity index (χ2n) is 21.5. The zero-order chi connectivity index (χ0) is 53.9. The van der Waals surface area contributed by atoms with E-state index >= 15 is 0 Å². The number of benzene rings is 2. The first kappa shape index (κ1) is 56.6. The third-order valence-electron chi connectivity index (χ3n) is 15.5. The number of hydrogen-bond acceptors (Lipinski definition) is 8. The van der Waals surface area contributed by atoms with Crippen molar-refractivity contribution in [1.82, 2.24) is 30.2 Å². The van der Waals surface area contributed by atoms with Crippen molar-refractivity contribution in [3.63, 3.8) is 0 Å². The number of carbonyl (C=O) groups excluding carboxylic acids is 6. The molecule has 74 heavy (non-hydrogen) atoms. The fourth-order valence-corrected chi connectivity index (χ4v) is 11.2. The Labute approximate surface area is 434 Å². The van der Waals surface area contributed by atoms with Crippen LogP contribution in [0.4, 0.5) is 32.0 Å². The van der Waals surface area contributed by atoms with Crippen LogP contribution in [0.2, 0.25) is 5.02 Å². The minimum Gasteiger partial charge on any atom is -0.378 e. The number of rotatable bonds is 12. The molecule has 3 saturated heterocycles. The molecular formula is C53H70ClF6N7O7. The van der Waals surface area contributed by atoms with Crippen molar-refractivity contribution in [2.24, 2.45) is 17.3 Å². The minimum absolute atomic E-state index is 0.0842. The van der Waals surface area contributed by atoms with Crippen LogP contribution < -0.4 is 15.5 Å². The molecule has 5 aliphatic rings. The summed E-state index contributed by atoms with van der Waals surface area (Å²) in [5.41, 5.74) is -0.00499. The van der Waals surface area contributed by atoms with Gasteiger partial charge in [0.2, 0.25) is 35.4 Å². The number of halogens is 7. The fourth-order valence-electron chi connectivity index (χ4n) is 11.0. The highest BCUT2D eigenvalue weighted by Gasteiger charge is 2.75. The molecule has 0 radical (unpaired) electrons. The Morgan fingerprint density at radius 3 is 2.18 bits per heavy atom. The number of alkyl halides is 6. The number of likely N-dealkylation sites (tertiary alicyclic amines) is 1. The van der Waals surface area contributed by atoms with Crippen LogP contribution in [0.5, 0.6) is 0 Å². The molecule has 408 valence electrons. The molecule has 0 bridgehead atoms. The van der Waals surface area contributed by atoms with Crippen LogP contribution in [-0.4, -0.2) is 164 Å². The lowest BCUT2D eigenvalue weighted by molar-refractivity contribution is -0.299. The molecule has 2 N–H and O–H groups in total. The summed E-state index contributed by atoms with van der Waals surface area (Å²) in [6.07, 6.45) is -7.13. The number of morpholine rings is 1. The van der Waals surface area contributed by atoms with Gasteiger partial charge in [0.25, 0.3) is 5.92 Å². The zero-order valence-corrected chi connectivity index (χ0v) is 43.6. The number of ether oxygens (including phenoxy) is 1. The van der Waals surface area contributed by atoms with E-state index in [-0.39, 0.29) is 31.1 Å². The second kappa shape index (κ2) is 23.4. The van der Waals surface area contributed by atoms with Gasteiger partial charge in [0.05, 0.1) is 19.8 Å². The highest BCUT2D eigenvalue weighted by Crippen LogP contribution is 2.61. The van der Waals surface area contributed by atoms with Crippen molar-refractivity contribution >= 4 is 52.7 Å². The molecular weight excluding hydrogens is 996 g/mol. The van der Waals surface area contributed by atoms with E-state index in [1.54, 1.807) is 24.1 Å². The van der Waals surface area contributed by atoms with Gasteiger partial charge in [0.1, 0.15) is 36.4 Å². The standard InChI is InChI=1S/C53H70ClF6N7O7/c1-32(2)25-40-47(70)65(5)43(27-35-26-36(54)16-19-39(35)33-14-17-38(18-15-33)66-21-23-74-24-22-66)48(71)63(3)20-10-8-6-7-9-11-41(45(68)61-40)64(4)49(72)44(34-12-13-34)62-46(69)42-28-37(55)29-67(42)50(73)51(53(58,59)60)30-52(56,57)31-51/h14-19,26,32,34,37,40-44H,6-13,20-25,27-31H2,1-5H3,(H,61,68)(H,62,69)/t37-,40+,41+,42+,43+,44+/m1/s1. The predicted molar refractivity (Wildman–Crippen MR) is 266 cm³/mol. The van der Waals surface area contributed by atoms with E-state index in [2.05, 4.69) is 15.5 Å². The molecule has 14 nitrogen and oxygen atoms in total. The van der Waals surface area contributed by atoms with Crippen molar-refractivity contribution in [3.05, 3.63) is 53.1 Å². The van der Waals surface area contributed by atoms with Crippen LogP contribution in [0.25, 0.3) is 11.1 Å². The SMILES string of the molecule is CC(C)C[C@@H]1NC(=O)[C@@H](N(C)C(=O)[C@@H](NC(=O)[C@@H]2C[C@@H](F)CN2C(=O)C2(C(F)(F)F)CC(F)(F)C2)C2CC2)CCCCCCCN(C)C(=O)[C@H](Cc2cc(Cl)ccc2-c2ccc(N3CCOCC3)cc2)N(C)C1=O. The molecule has 2 aliphatic carbocycles. The predicted octanol–water partition coefficient (Wildman–Crippen LogP) is 7.20. The third-order valence-corrected chi connectivity index (χ3v) is 15.7. The van der Waals surface area contributed by atoms with Crippen molar-refractivity contribution in [2.45, 2.75) is 146 Å². The number of amides is 6. The van der Waals surface area contributed by atoms with E-state index < -0.39 is 115 Å². The molecule has 6 atom stereocenters. The van der Waals surface area contributed by atoms with Gasteiger partial charge in [-0.25, -0.2) is 13.2 Å². The van der Waals surface area contributed by atoms with Gasteiger partial charge in [0.15, 0.2) is 5.41 Å². The molecule has 3 heterocycles. The number of carbonyl (C=O) groups is 6. The molecule has 0 unspecified atom stereocenters. The summed E-state index contributed by atoms with van der Waals surface area (Å²) in [4.78, 5) is 93.1. The average Bonchev–Trinajstić information content (AvgIpc) is 4.12. The van der Waals surface area contributed by atoms with E-state index in [0.29, 0.717) is 61.8 Å². The molecule has 2 aromatic carbocycles. The number of nitrogens with one attached hydrogen (secondary N) is 2. The summed E-state index contributed by atoms with van der Waals surface area (Å²) >= 11 is 6.63. The van der Waals surface area contributed by atoms with Gasteiger partial charge in [-0.15, -0.1) is 0 Å². The Hall–Kier alpha value is -5.11. The quantitative estimate of drug-likeness (QED) is 0.212. The summed E-state index contributed by atoms with van der Waals surface area (Å²) in [5.74, 6) is -9.54. The van der Waals surface area contributed by atoms with Crippen LogP contribution in [0.3, 0.4) is 0 Å². The highest BCUT2D eigenvalue weighted by molar-refractivity contribution is 6.30. The molecule has 21 heteroatoms. The Balaban J connectivity index is 1.12. The lowest BCUT2D eigenvalue weighted by atomic mass is 9.64. The van der Waals surface area contributed by atoms with E-state index in [4.69, 9.17) is 16.3 Å². The maximum atomic E-state index is 15.0. The van der Waals surface area contributed by atoms with Crippen LogP contribution in [0.1, 0.15) is 96.5 Å². The van der Waals surface area contributed by atoms with E-state index in [1.165, 1.54) is 23.9 Å². The average molecular weight is 1070 g/mol. The van der Waals surface area contributed by atoms with Gasteiger partial charge in [-0.3, -0.25) is 28.8 Å². The molecule has 3 aliphatic heterocycles. The number of anilines is 1. The Morgan fingerprint density at radius 1 is 0.905 bits per heavy atom. The minimum atomic E-state index is -5.40. The van der Waals surface area contributed by atoms with Gasteiger partial charge in [-0.2, -0.15) is 13.2 Å². The lowest BCUT2D eigenvalue weighted by Crippen LogP contribution is -2.65. The molecule has 7 rings (SSSR count). The summed E-state index contributed by atoms with van der Waals surface area (Å²) in [7, 11) is 4.63. The normalized spacial score (nSPS) is 25.9. The third kappa shape index (κ3) is 12.9. The highest BCUT2D eigenvalue weighted by atomic mass is 35.5. The van der Waals surface area contributed by atoms with Gasteiger partial charge in [-0.1, -0.05) is 69.3 Å². The summed E-state index contributed by atoms with van der Waals surface area (Å²) in [5, 5.41) is 5.91. The van der Waals surface area contributed by atoms with Gasteiger partial charge in [-0.05, 0) is 84.9 Å². The largest absolute Gasteiger partial charge is 0.403 e. The van der Waals surface area contributed by atoms with Gasteiger partial charge >= 0.3 is 6.18 Å². The summed E-state index contributed by atoms with van der Waals surface area (Å²) < 4.78 is 91.2.